The summed E-state index contributed by atoms with van der Waals surface area (Å²) in [6, 6.07) is 7.51. The predicted octanol–water partition coefficient (Wildman–Crippen LogP) is 1.78. The highest BCUT2D eigenvalue weighted by molar-refractivity contribution is 9.10. The van der Waals surface area contributed by atoms with Gasteiger partial charge in [0.05, 0.1) is 0 Å². The van der Waals surface area contributed by atoms with Crippen molar-refractivity contribution < 1.29 is 8.42 Å². The largest absolute Gasteiger partial charge is 0.277 e. The fourth-order valence-corrected chi connectivity index (χ4v) is 2.49. The Labute approximate surface area is 105 Å². The second-order valence-corrected chi connectivity index (χ2v) is 5.85. The minimum absolute atomic E-state index is 0.290. The first-order valence-electron chi connectivity index (χ1n) is 5.02. The highest BCUT2D eigenvalue weighted by Crippen LogP contribution is 2.11. The van der Waals surface area contributed by atoms with E-state index in [1.807, 2.05) is 31.2 Å². The van der Waals surface area contributed by atoms with Crippen LogP contribution in [0.1, 0.15) is 18.9 Å². The van der Waals surface area contributed by atoms with E-state index in [1.165, 1.54) is 0 Å². The first kappa shape index (κ1) is 13.6. The molecule has 16 heavy (non-hydrogen) atoms. The van der Waals surface area contributed by atoms with Crippen molar-refractivity contribution in [3.63, 3.8) is 0 Å². The van der Waals surface area contributed by atoms with Crippen LogP contribution in [0.25, 0.3) is 0 Å². The maximum Gasteiger partial charge on any atom is 0.277 e. The molecule has 0 radical (unpaired) electrons. The molecule has 2 N–H and O–H groups in total. The van der Waals surface area contributed by atoms with Crippen molar-refractivity contribution >= 4 is 26.1 Å². The van der Waals surface area contributed by atoms with Crippen molar-refractivity contribution in [1.82, 2.24) is 9.44 Å². The number of rotatable bonds is 6. The Morgan fingerprint density at radius 2 is 2.06 bits per heavy atom. The molecule has 0 atom stereocenters. The standard InChI is InChI=1S/C10H15BrN2O2S/c1-2-6-12-16(14,15)13-8-9-4-3-5-10(11)7-9/h3-5,7,12-13H,2,6,8H2,1H3. The van der Waals surface area contributed by atoms with E-state index >= 15 is 0 Å². The molecule has 0 saturated heterocycles. The monoisotopic (exact) mass is 306 g/mol. The van der Waals surface area contributed by atoms with Crippen LogP contribution in [-0.4, -0.2) is 15.0 Å². The molecular formula is C10H15BrN2O2S. The molecule has 0 aromatic heterocycles. The number of hydrogen-bond acceptors (Lipinski definition) is 2. The van der Waals surface area contributed by atoms with Gasteiger partial charge in [-0.1, -0.05) is 35.0 Å². The second kappa shape index (κ2) is 6.34. The summed E-state index contributed by atoms with van der Waals surface area (Å²) < 4.78 is 28.7. The second-order valence-electron chi connectivity index (χ2n) is 3.35. The summed E-state index contributed by atoms with van der Waals surface area (Å²) in [5.74, 6) is 0. The van der Waals surface area contributed by atoms with E-state index in [1.54, 1.807) is 0 Å². The summed E-state index contributed by atoms with van der Waals surface area (Å²) in [7, 11) is -3.37. The molecule has 1 aromatic rings. The molecule has 0 saturated carbocycles. The van der Waals surface area contributed by atoms with Gasteiger partial charge in [-0.2, -0.15) is 13.1 Å². The van der Waals surface area contributed by atoms with Crippen LogP contribution in [0.5, 0.6) is 0 Å². The maximum atomic E-state index is 11.4. The Morgan fingerprint density at radius 3 is 2.69 bits per heavy atom. The highest BCUT2D eigenvalue weighted by atomic mass is 79.9. The Balaban J connectivity index is 2.51. The van der Waals surface area contributed by atoms with Gasteiger partial charge < -0.3 is 0 Å². The van der Waals surface area contributed by atoms with Gasteiger partial charge in [-0.05, 0) is 24.1 Å². The lowest BCUT2D eigenvalue weighted by molar-refractivity contribution is 0.565. The van der Waals surface area contributed by atoms with E-state index in [2.05, 4.69) is 25.4 Å². The molecule has 6 heteroatoms. The summed E-state index contributed by atoms with van der Waals surface area (Å²) in [5, 5.41) is 0. The topological polar surface area (TPSA) is 58.2 Å². The molecular weight excluding hydrogens is 292 g/mol. The summed E-state index contributed by atoms with van der Waals surface area (Å²) in [5.41, 5.74) is 0.913. The summed E-state index contributed by atoms with van der Waals surface area (Å²) in [6.45, 7) is 2.66. The van der Waals surface area contributed by atoms with Crippen LogP contribution in [0.3, 0.4) is 0 Å². The third-order valence-corrected chi connectivity index (χ3v) is 3.50. The predicted molar refractivity (Wildman–Crippen MR) is 68.2 cm³/mol. The van der Waals surface area contributed by atoms with Crippen LogP contribution in [0.4, 0.5) is 0 Å². The maximum absolute atomic E-state index is 11.4. The smallest absolute Gasteiger partial charge is 0.202 e. The fourth-order valence-electron chi connectivity index (χ4n) is 1.11. The van der Waals surface area contributed by atoms with Crippen molar-refractivity contribution in [2.45, 2.75) is 19.9 Å². The van der Waals surface area contributed by atoms with Crippen molar-refractivity contribution in [1.29, 1.82) is 0 Å². The van der Waals surface area contributed by atoms with E-state index in [-0.39, 0.29) is 0 Å². The van der Waals surface area contributed by atoms with Crippen LogP contribution in [0.2, 0.25) is 0 Å². The molecule has 1 rings (SSSR count). The van der Waals surface area contributed by atoms with Crippen LogP contribution in [0.15, 0.2) is 28.7 Å². The minimum Gasteiger partial charge on any atom is -0.202 e. The van der Waals surface area contributed by atoms with Gasteiger partial charge in [0.25, 0.3) is 10.2 Å². The summed E-state index contributed by atoms with van der Waals surface area (Å²) >= 11 is 3.33. The third-order valence-electron chi connectivity index (χ3n) is 1.90. The number of benzene rings is 1. The van der Waals surface area contributed by atoms with E-state index < -0.39 is 10.2 Å². The van der Waals surface area contributed by atoms with Crippen molar-refractivity contribution in [2.75, 3.05) is 6.54 Å². The first-order valence-corrected chi connectivity index (χ1v) is 7.30. The third kappa shape index (κ3) is 5.07. The molecule has 90 valence electrons. The van der Waals surface area contributed by atoms with Gasteiger partial charge in [-0.25, -0.2) is 4.72 Å². The zero-order valence-electron chi connectivity index (χ0n) is 9.03. The van der Waals surface area contributed by atoms with Gasteiger partial charge in [0.15, 0.2) is 0 Å². The molecule has 0 unspecified atom stereocenters. The Hall–Kier alpha value is -0.430. The fraction of sp³-hybridized carbons (Fsp3) is 0.400. The number of nitrogens with one attached hydrogen (secondary N) is 2. The Morgan fingerprint density at radius 1 is 1.31 bits per heavy atom. The lowest BCUT2D eigenvalue weighted by atomic mass is 10.2. The molecule has 0 bridgehead atoms. The quantitative estimate of drug-likeness (QED) is 0.842. The zero-order valence-corrected chi connectivity index (χ0v) is 11.4. The van der Waals surface area contributed by atoms with Gasteiger partial charge >= 0.3 is 0 Å². The average Bonchev–Trinajstić information content (AvgIpc) is 2.24. The lowest BCUT2D eigenvalue weighted by Gasteiger charge is -2.07. The van der Waals surface area contributed by atoms with Crippen LogP contribution in [0, 0.1) is 0 Å². The highest BCUT2D eigenvalue weighted by Gasteiger charge is 2.07. The normalized spacial score (nSPS) is 11.6. The van der Waals surface area contributed by atoms with E-state index in [0.29, 0.717) is 13.1 Å². The van der Waals surface area contributed by atoms with E-state index in [0.717, 1.165) is 16.5 Å². The molecule has 0 amide bonds. The van der Waals surface area contributed by atoms with Crippen molar-refractivity contribution in [3.8, 4) is 0 Å². The SMILES string of the molecule is CCCNS(=O)(=O)NCc1cccc(Br)c1. The number of hydrogen-bond donors (Lipinski definition) is 2. The molecule has 0 heterocycles. The Kier molecular flexibility index (Phi) is 5.40. The van der Waals surface area contributed by atoms with Crippen molar-refractivity contribution in [3.05, 3.63) is 34.3 Å². The van der Waals surface area contributed by atoms with E-state index in [4.69, 9.17) is 0 Å². The molecule has 0 aliphatic carbocycles. The van der Waals surface area contributed by atoms with Gasteiger partial charge in [-0.3, -0.25) is 0 Å². The summed E-state index contributed by atoms with van der Waals surface area (Å²) in [6.07, 6.45) is 0.776. The van der Waals surface area contributed by atoms with E-state index in [9.17, 15) is 8.42 Å². The number of halogens is 1. The lowest BCUT2D eigenvalue weighted by Crippen LogP contribution is -2.36. The van der Waals surface area contributed by atoms with Crippen molar-refractivity contribution in [2.24, 2.45) is 0 Å². The molecule has 4 nitrogen and oxygen atoms in total. The van der Waals surface area contributed by atoms with Gasteiger partial charge in [0, 0.05) is 17.6 Å². The van der Waals surface area contributed by atoms with Crippen LogP contribution in [-0.2, 0) is 16.8 Å². The molecule has 0 aliphatic heterocycles. The Bertz CT molecular complexity index is 434. The van der Waals surface area contributed by atoms with Gasteiger partial charge in [-0.15, -0.1) is 0 Å². The minimum atomic E-state index is -3.37. The van der Waals surface area contributed by atoms with Crippen LogP contribution >= 0.6 is 15.9 Å². The summed E-state index contributed by atoms with van der Waals surface area (Å²) in [4.78, 5) is 0. The molecule has 0 aliphatic rings. The average molecular weight is 307 g/mol. The first-order chi connectivity index (χ1) is 7.53. The molecule has 0 spiro atoms. The van der Waals surface area contributed by atoms with Gasteiger partial charge in [0.1, 0.15) is 0 Å². The van der Waals surface area contributed by atoms with Gasteiger partial charge in [0.2, 0.25) is 0 Å². The zero-order chi connectivity index (χ0) is 12.0. The molecule has 1 aromatic carbocycles. The van der Waals surface area contributed by atoms with Crippen LogP contribution < -0.4 is 9.44 Å². The molecule has 0 fully saturated rings.